The van der Waals surface area contributed by atoms with Gasteiger partial charge in [0.05, 0.1) is 21.4 Å². The quantitative estimate of drug-likeness (QED) is 0.942. The fourth-order valence-electron chi connectivity index (χ4n) is 1.82. The van der Waals surface area contributed by atoms with Crippen LogP contribution in [0.2, 0.25) is 10.0 Å². The first-order chi connectivity index (χ1) is 9.04. The largest absolute Gasteiger partial charge is 0.313 e. The van der Waals surface area contributed by atoms with Crippen molar-refractivity contribution in [3.05, 3.63) is 39.3 Å². The van der Waals surface area contributed by atoms with Gasteiger partial charge in [-0.1, -0.05) is 30.1 Å². The summed E-state index contributed by atoms with van der Waals surface area (Å²) in [5.41, 5.74) is 2.66. The highest BCUT2D eigenvalue weighted by atomic mass is 35.5. The van der Waals surface area contributed by atoms with E-state index in [-0.39, 0.29) is 0 Å². The minimum Gasteiger partial charge on any atom is -0.313 e. The summed E-state index contributed by atoms with van der Waals surface area (Å²) >= 11 is 12.4. The Kier molecular flexibility index (Phi) is 4.45. The van der Waals surface area contributed by atoms with Crippen LogP contribution in [-0.2, 0) is 6.54 Å². The van der Waals surface area contributed by atoms with E-state index in [2.05, 4.69) is 22.3 Å². The van der Waals surface area contributed by atoms with Crippen LogP contribution in [0.15, 0.2) is 12.3 Å². The molecule has 0 radical (unpaired) electrons. The average molecular weight is 299 g/mol. The highest BCUT2D eigenvalue weighted by molar-refractivity contribution is 6.32. The van der Waals surface area contributed by atoms with Crippen molar-refractivity contribution in [2.45, 2.75) is 27.3 Å². The van der Waals surface area contributed by atoms with E-state index < -0.39 is 0 Å². The van der Waals surface area contributed by atoms with Crippen LogP contribution in [-0.4, -0.2) is 21.3 Å². The molecule has 0 atom stereocenters. The van der Waals surface area contributed by atoms with E-state index in [1.54, 1.807) is 10.9 Å². The second-order valence-corrected chi connectivity index (χ2v) is 5.11. The number of nitrogens with zero attached hydrogens (tertiary/aromatic N) is 3. The Bertz CT molecular complexity index is 593. The van der Waals surface area contributed by atoms with Crippen LogP contribution in [0.3, 0.4) is 0 Å². The first kappa shape index (κ1) is 14.3. The smallest absolute Gasteiger partial charge is 0.172 e. The summed E-state index contributed by atoms with van der Waals surface area (Å²) in [6.07, 6.45) is 1.80. The lowest BCUT2D eigenvalue weighted by atomic mass is 10.3. The summed E-state index contributed by atoms with van der Waals surface area (Å²) in [5, 5.41) is 8.80. The van der Waals surface area contributed by atoms with Gasteiger partial charge in [0, 0.05) is 12.7 Å². The molecule has 2 heterocycles. The number of rotatable bonds is 4. The standard InChI is InChI=1S/C13H16Cl2N4/c1-4-16-6-10-5-11(14)13(17-7-10)19-9(3)12(15)8(2)18-19/h5,7,16H,4,6H2,1-3H3. The maximum Gasteiger partial charge on any atom is 0.172 e. The van der Waals surface area contributed by atoms with Gasteiger partial charge < -0.3 is 5.32 Å². The molecule has 6 heteroatoms. The zero-order valence-corrected chi connectivity index (χ0v) is 12.7. The van der Waals surface area contributed by atoms with Gasteiger partial charge >= 0.3 is 0 Å². The van der Waals surface area contributed by atoms with Crippen molar-refractivity contribution in [1.82, 2.24) is 20.1 Å². The summed E-state index contributed by atoms with van der Waals surface area (Å²) in [4.78, 5) is 4.39. The third-order valence-corrected chi connectivity index (χ3v) is 3.69. The fraction of sp³-hybridized carbons (Fsp3) is 0.385. The molecule has 2 aromatic heterocycles. The van der Waals surface area contributed by atoms with Gasteiger partial charge in [0.15, 0.2) is 5.82 Å². The topological polar surface area (TPSA) is 42.7 Å². The van der Waals surface area contributed by atoms with E-state index >= 15 is 0 Å². The van der Waals surface area contributed by atoms with Crippen LogP contribution >= 0.6 is 23.2 Å². The van der Waals surface area contributed by atoms with Gasteiger partial charge in [-0.2, -0.15) is 5.10 Å². The molecule has 0 aliphatic heterocycles. The summed E-state index contributed by atoms with van der Waals surface area (Å²) < 4.78 is 1.68. The number of aromatic nitrogens is 3. The Morgan fingerprint density at radius 1 is 1.32 bits per heavy atom. The van der Waals surface area contributed by atoms with Crippen LogP contribution in [0.1, 0.15) is 23.9 Å². The molecule has 0 aromatic carbocycles. The van der Waals surface area contributed by atoms with Crippen LogP contribution in [0.4, 0.5) is 0 Å². The van der Waals surface area contributed by atoms with Crippen molar-refractivity contribution in [2.75, 3.05) is 6.54 Å². The van der Waals surface area contributed by atoms with E-state index in [0.29, 0.717) is 15.9 Å². The lowest BCUT2D eigenvalue weighted by Crippen LogP contribution is -2.12. The van der Waals surface area contributed by atoms with E-state index in [4.69, 9.17) is 23.2 Å². The molecule has 102 valence electrons. The Labute approximate surface area is 122 Å². The van der Waals surface area contributed by atoms with Gasteiger partial charge in [-0.25, -0.2) is 9.67 Å². The maximum absolute atomic E-state index is 6.28. The van der Waals surface area contributed by atoms with Crippen molar-refractivity contribution in [1.29, 1.82) is 0 Å². The molecule has 19 heavy (non-hydrogen) atoms. The first-order valence-electron chi connectivity index (χ1n) is 6.11. The minimum atomic E-state index is 0.567. The normalized spacial score (nSPS) is 11.0. The summed E-state index contributed by atoms with van der Waals surface area (Å²) in [6, 6.07) is 1.90. The zero-order valence-electron chi connectivity index (χ0n) is 11.2. The van der Waals surface area contributed by atoms with E-state index in [9.17, 15) is 0 Å². The summed E-state index contributed by atoms with van der Waals surface area (Å²) in [5.74, 6) is 0.606. The lowest BCUT2D eigenvalue weighted by molar-refractivity contribution is 0.721. The van der Waals surface area contributed by atoms with Gasteiger partial charge in [0.1, 0.15) is 0 Å². The molecule has 1 N–H and O–H groups in total. The Balaban J connectivity index is 2.37. The Hall–Kier alpha value is -1.10. The molecular formula is C13H16Cl2N4. The van der Waals surface area contributed by atoms with E-state index in [1.165, 1.54) is 0 Å². The molecule has 2 aromatic rings. The zero-order chi connectivity index (χ0) is 14.0. The van der Waals surface area contributed by atoms with Crippen molar-refractivity contribution >= 4 is 23.2 Å². The molecular weight excluding hydrogens is 283 g/mol. The summed E-state index contributed by atoms with van der Waals surface area (Å²) in [7, 11) is 0. The van der Waals surface area contributed by atoms with Crippen molar-refractivity contribution < 1.29 is 0 Å². The number of halogens is 2. The average Bonchev–Trinajstić information content (AvgIpc) is 2.64. The van der Waals surface area contributed by atoms with Crippen LogP contribution in [0.25, 0.3) is 5.82 Å². The number of nitrogens with one attached hydrogen (secondary N) is 1. The number of hydrogen-bond acceptors (Lipinski definition) is 3. The highest BCUT2D eigenvalue weighted by Gasteiger charge is 2.14. The van der Waals surface area contributed by atoms with E-state index in [1.807, 2.05) is 19.9 Å². The molecule has 0 fully saturated rings. The maximum atomic E-state index is 6.28. The number of hydrogen-bond donors (Lipinski definition) is 1. The van der Waals surface area contributed by atoms with Crippen molar-refractivity contribution in [2.24, 2.45) is 0 Å². The molecule has 0 aliphatic carbocycles. The fourth-order valence-corrected chi connectivity index (χ4v) is 2.21. The summed E-state index contributed by atoms with van der Waals surface area (Å²) in [6.45, 7) is 7.47. The molecule has 0 bridgehead atoms. The second kappa shape index (κ2) is 5.90. The molecule has 0 saturated heterocycles. The monoisotopic (exact) mass is 298 g/mol. The van der Waals surface area contributed by atoms with Gasteiger partial charge in [-0.3, -0.25) is 0 Å². The SMILES string of the molecule is CCNCc1cnc(-n2nc(C)c(Cl)c2C)c(Cl)c1. The lowest BCUT2D eigenvalue weighted by Gasteiger charge is -2.08. The minimum absolute atomic E-state index is 0.567. The second-order valence-electron chi connectivity index (χ2n) is 4.33. The van der Waals surface area contributed by atoms with Crippen LogP contribution in [0, 0.1) is 13.8 Å². The molecule has 2 rings (SSSR count). The molecule has 0 amide bonds. The molecule has 0 unspecified atom stereocenters. The van der Waals surface area contributed by atoms with Gasteiger partial charge in [-0.15, -0.1) is 0 Å². The molecule has 4 nitrogen and oxygen atoms in total. The Morgan fingerprint density at radius 2 is 2.05 bits per heavy atom. The first-order valence-corrected chi connectivity index (χ1v) is 6.87. The van der Waals surface area contributed by atoms with E-state index in [0.717, 1.165) is 30.0 Å². The predicted octanol–water partition coefficient (Wildman–Crippen LogP) is 3.30. The van der Waals surface area contributed by atoms with Gasteiger partial charge in [0.2, 0.25) is 0 Å². The molecule has 0 aliphatic rings. The van der Waals surface area contributed by atoms with Crippen molar-refractivity contribution in [3.8, 4) is 5.82 Å². The molecule has 0 spiro atoms. The van der Waals surface area contributed by atoms with Gasteiger partial charge in [0.25, 0.3) is 0 Å². The van der Waals surface area contributed by atoms with Crippen molar-refractivity contribution in [3.63, 3.8) is 0 Å². The Morgan fingerprint density at radius 3 is 2.58 bits per heavy atom. The highest BCUT2D eigenvalue weighted by Crippen LogP contribution is 2.25. The van der Waals surface area contributed by atoms with Crippen LogP contribution in [0.5, 0.6) is 0 Å². The third-order valence-electron chi connectivity index (χ3n) is 2.86. The number of aryl methyl sites for hydroxylation is 1. The number of pyridine rings is 1. The van der Waals surface area contributed by atoms with Gasteiger partial charge in [-0.05, 0) is 32.0 Å². The molecule has 0 saturated carbocycles. The van der Waals surface area contributed by atoms with Crippen LogP contribution < -0.4 is 5.32 Å². The predicted molar refractivity (Wildman–Crippen MR) is 78.2 cm³/mol. The third kappa shape index (κ3) is 2.91.